The predicted molar refractivity (Wildman–Crippen MR) is 56.1 cm³/mol. The second-order valence-electron chi connectivity index (χ2n) is 4.31. The van der Waals surface area contributed by atoms with Crippen LogP contribution in [-0.2, 0) is 4.74 Å². The number of morpholine rings is 1. The van der Waals surface area contributed by atoms with Gasteiger partial charge in [-0.1, -0.05) is 6.92 Å². The lowest BCUT2D eigenvalue weighted by Gasteiger charge is -2.37. The highest BCUT2D eigenvalue weighted by Crippen LogP contribution is 2.11. The van der Waals surface area contributed by atoms with Crippen LogP contribution in [0.5, 0.6) is 0 Å². The summed E-state index contributed by atoms with van der Waals surface area (Å²) in [6, 6.07) is 0. The maximum absolute atomic E-state index is 8.97. The van der Waals surface area contributed by atoms with Gasteiger partial charge in [-0.25, -0.2) is 0 Å². The number of nitrogens with zero attached hydrogens (tertiary/aromatic N) is 1. The number of nitrogens with two attached hydrogens (primary N) is 1. The molecule has 0 amide bonds. The van der Waals surface area contributed by atoms with E-state index >= 15 is 0 Å². The van der Waals surface area contributed by atoms with Gasteiger partial charge >= 0.3 is 0 Å². The van der Waals surface area contributed by atoms with Crippen LogP contribution in [0.2, 0.25) is 0 Å². The first-order valence-electron chi connectivity index (χ1n) is 5.34. The average molecular weight is 202 g/mol. The Morgan fingerprint density at radius 2 is 2.29 bits per heavy atom. The van der Waals surface area contributed by atoms with Crippen LogP contribution in [0.3, 0.4) is 0 Å². The number of aliphatic hydroxyl groups is 1. The van der Waals surface area contributed by atoms with Crippen molar-refractivity contribution in [2.45, 2.75) is 26.1 Å². The van der Waals surface area contributed by atoms with Crippen molar-refractivity contribution in [2.75, 3.05) is 32.8 Å². The molecule has 3 atom stereocenters. The molecule has 0 aromatic carbocycles. The predicted octanol–water partition coefficient (Wildman–Crippen LogP) is -0.337. The Bertz CT molecular complexity index is 164. The van der Waals surface area contributed by atoms with Gasteiger partial charge in [0.15, 0.2) is 0 Å². The van der Waals surface area contributed by atoms with Gasteiger partial charge < -0.3 is 15.6 Å². The third kappa shape index (κ3) is 3.53. The topological polar surface area (TPSA) is 58.7 Å². The molecule has 1 saturated heterocycles. The molecule has 0 aliphatic carbocycles. The van der Waals surface area contributed by atoms with Crippen LogP contribution in [0, 0.1) is 5.92 Å². The van der Waals surface area contributed by atoms with Crippen molar-refractivity contribution in [3.8, 4) is 0 Å². The maximum atomic E-state index is 8.97. The summed E-state index contributed by atoms with van der Waals surface area (Å²) in [6.07, 6.45) is 0.410. The van der Waals surface area contributed by atoms with Crippen LogP contribution in [0.1, 0.15) is 13.8 Å². The molecule has 1 aliphatic rings. The van der Waals surface area contributed by atoms with E-state index in [9.17, 15) is 0 Å². The van der Waals surface area contributed by atoms with Crippen molar-refractivity contribution in [3.05, 3.63) is 0 Å². The zero-order valence-corrected chi connectivity index (χ0v) is 9.15. The monoisotopic (exact) mass is 202 g/mol. The third-order valence-electron chi connectivity index (χ3n) is 2.55. The number of aliphatic hydroxyl groups excluding tert-OH is 1. The van der Waals surface area contributed by atoms with E-state index in [2.05, 4.69) is 18.7 Å². The molecule has 84 valence electrons. The molecule has 0 radical (unpaired) electrons. The second-order valence-corrected chi connectivity index (χ2v) is 4.31. The largest absolute Gasteiger partial charge is 0.396 e. The van der Waals surface area contributed by atoms with Gasteiger partial charge in [0.2, 0.25) is 0 Å². The SMILES string of the molecule is CC(CO)CN1CC(C)OC(CN)C1. The highest BCUT2D eigenvalue weighted by Gasteiger charge is 2.24. The summed E-state index contributed by atoms with van der Waals surface area (Å²) in [5.41, 5.74) is 5.59. The van der Waals surface area contributed by atoms with E-state index in [4.69, 9.17) is 15.6 Å². The molecule has 1 heterocycles. The molecule has 1 rings (SSSR count). The first-order valence-corrected chi connectivity index (χ1v) is 5.34. The Balaban J connectivity index is 2.37. The molecule has 3 N–H and O–H groups in total. The summed E-state index contributed by atoms with van der Waals surface area (Å²) < 4.78 is 5.65. The fourth-order valence-corrected chi connectivity index (χ4v) is 1.92. The van der Waals surface area contributed by atoms with E-state index < -0.39 is 0 Å². The Morgan fingerprint density at radius 3 is 2.86 bits per heavy atom. The molecule has 4 heteroatoms. The highest BCUT2D eigenvalue weighted by atomic mass is 16.5. The van der Waals surface area contributed by atoms with Gasteiger partial charge in [0.25, 0.3) is 0 Å². The summed E-state index contributed by atoms with van der Waals surface area (Å²) in [6.45, 7) is 7.72. The lowest BCUT2D eigenvalue weighted by Crippen LogP contribution is -2.50. The smallest absolute Gasteiger partial charge is 0.0828 e. The summed E-state index contributed by atoms with van der Waals surface area (Å²) in [4.78, 5) is 2.33. The molecule has 1 aliphatic heterocycles. The van der Waals surface area contributed by atoms with E-state index in [1.165, 1.54) is 0 Å². The molecule has 4 nitrogen and oxygen atoms in total. The molecule has 14 heavy (non-hydrogen) atoms. The van der Waals surface area contributed by atoms with E-state index in [1.807, 2.05) is 0 Å². The van der Waals surface area contributed by atoms with Crippen LogP contribution >= 0.6 is 0 Å². The zero-order chi connectivity index (χ0) is 10.6. The summed E-state index contributed by atoms with van der Waals surface area (Å²) in [5.74, 6) is 0.332. The van der Waals surface area contributed by atoms with E-state index in [0.717, 1.165) is 19.6 Å². The molecule has 0 bridgehead atoms. The molecule has 0 aromatic rings. The lowest BCUT2D eigenvalue weighted by atomic mass is 10.1. The van der Waals surface area contributed by atoms with Crippen molar-refractivity contribution in [2.24, 2.45) is 11.7 Å². The number of rotatable bonds is 4. The zero-order valence-electron chi connectivity index (χ0n) is 9.15. The first kappa shape index (κ1) is 11.9. The molecule has 0 saturated carbocycles. The molecule has 0 aromatic heterocycles. The minimum Gasteiger partial charge on any atom is -0.396 e. The molecule has 3 unspecified atom stereocenters. The normalized spacial score (nSPS) is 31.7. The van der Waals surface area contributed by atoms with Gasteiger partial charge in [0, 0.05) is 32.8 Å². The van der Waals surface area contributed by atoms with E-state index in [-0.39, 0.29) is 18.8 Å². The quantitative estimate of drug-likeness (QED) is 0.655. The summed E-state index contributed by atoms with van der Waals surface area (Å²) in [7, 11) is 0. The number of hydrogen-bond donors (Lipinski definition) is 2. The van der Waals surface area contributed by atoms with Gasteiger partial charge in [-0.2, -0.15) is 0 Å². The van der Waals surface area contributed by atoms with Crippen molar-refractivity contribution in [1.29, 1.82) is 0 Å². The van der Waals surface area contributed by atoms with E-state index in [1.54, 1.807) is 0 Å². The fourth-order valence-electron chi connectivity index (χ4n) is 1.92. The van der Waals surface area contributed by atoms with Crippen LogP contribution < -0.4 is 5.73 Å². The van der Waals surface area contributed by atoms with Gasteiger partial charge in [-0.3, -0.25) is 4.90 Å². The highest BCUT2D eigenvalue weighted by molar-refractivity contribution is 4.77. The van der Waals surface area contributed by atoms with Gasteiger partial charge in [-0.05, 0) is 12.8 Å². The third-order valence-corrected chi connectivity index (χ3v) is 2.55. The number of hydrogen-bond acceptors (Lipinski definition) is 4. The van der Waals surface area contributed by atoms with Crippen LogP contribution in [-0.4, -0.2) is 55.0 Å². The maximum Gasteiger partial charge on any atom is 0.0828 e. The number of ether oxygens (including phenoxy) is 1. The lowest BCUT2D eigenvalue weighted by molar-refractivity contribution is -0.0761. The Hall–Kier alpha value is -0.160. The minimum atomic E-state index is 0.157. The standard InChI is InChI=1S/C10H22N2O2/c1-8(7-13)4-12-5-9(2)14-10(3-11)6-12/h8-10,13H,3-7,11H2,1-2H3. The van der Waals surface area contributed by atoms with Crippen molar-refractivity contribution >= 4 is 0 Å². The van der Waals surface area contributed by atoms with Crippen LogP contribution in [0.25, 0.3) is 0 Å². The molecular weight excluding hydrogens is 180 g/mol. The summed E-state index contributed by atoms with van der Waals surface area (Å²) in [5, 5.41) is 8.97. The molecular formula is C10H22N2O2. The van der Waals surface area contributed by atoms with Crippen LogP contribution in [0.4, 0.5) is 0 Å². The van der Waals surface area contributed by atoms with E-state index in [0.29, 0.717) is 12.5 Å². The van der Waals surface area contributed by atoms with Gasteiger partial charge in [0.05, 0.1) is 12.2 Å². The fraction of sp³-hybridized carbons (Fsp3) is 1.00. The first-order chi connectivity index (χ1) is 6.65. The summed E-state index contributed by atoms with van der Waals surface area (Å²) >= 11 is 0. The van der Waals surface area contributed by atoms with Crippen molar-refractivity contribution in [3.63, 3.8) is 0 Å². The molecule has 0 spiro atoms. The van der Waals surface area contributed by atoms with Gasteiger partial charge in [-0.15, -0.1) is 0 Å². The van der Waals surface area contributed by atoms with Gasteiger partial charge in [0.1, 0.15) is 0 Å². The minimum absolute atomic E-state index is 0.157. The Morgan fingerprint density at radius 1 is 1.57 bits per heavy atom. The molecule has 1 fully saturated rings. The van der Waals surface area contributed by atoms with Crippen LogP contribution in [0.15, 0.2) is 0 Å². The second kappa shape index (κ2) is 5.66. The Labute approximate surface area is 86.0 Å². The van der Waals surface area contributed by atoms with Crippen molar-refractivity contribution in [1.82, 2.24) is 4.90 Å². The average Bonchev–Trinajstić information content (AvgIpc) is 2.16. The van der Waals surface area contributed by atoms with Crippen molar-refractivity contribution < 1.29 is 9.84 Å². The Kier molecular flexibility index (Phi) is 4.81.